The van der Waals surface area contributed by atoms with Crippen molar-refractivity contribution in [3.8, 4) is 0 Å². The van der Waals surface area contributed by atoms with Gasteiger partial charge in [0, 0.05) is 0 Å². The van der Waals surface area contributed by atoms with Crippen LogP contribution in [0, 0.1) is 32.7 Å². The van der Waals surface area contributed by atoms with Crippen LogP contribution in [0.4, 0.5) is 4.39 Å². The van der Waals surface area contributed by atoms with Crippen molar-refractivity contribution in [3.05, 3.63) is 79.0 Å². The van der Waals surface area contributed by atoms with E-state index in [1.54, 1.807) is 0 Å². The van der Waals surface area contributed by atoms with Gasteiger partial charge in [0.2, 0.25) is 0 Å². The third-order valence-corrected chi connectivity index (χ3v) is 3.34. The van der Waals surface area contributed by atoms with Crippen LogP contribution in [0.25, 0.3) is 5.73 Å². The van der Waals surface area contributed by atoms with Gasteiger partial charge in [-0.25, -0.2) is 9.96 Å². The molecule has 0 saturated heterocycles. The van der Waals surface area contributed by atoms with Gasteiger partial charge in [-0.15, -0.1) is 6.92 Å². The van der Waals surface area contributed by atoms with Crippen molar-refractivity contribution in [1.29, 1.82) is 0 Å². The van der Waals surface area contributed by atoms with Crippen LogP contribution >= 0.6 is 0 Å². The zero-order chi connectivity index (χ0) is 14.6. The van der Waals surface area contributed by atoms with Gasteiger partial charge in [0.1, 0.15) is 5.82 Å². The van der Waals surface area contributed by atoms with Crippen molar-refractivity contribution in [2.24, 2.45) is 5.92 Å². The molecule has 1 unspecified atom stereocenters. The van der Waals surface area contributed by atoms with Crippen LogP contribution in [-0.4, -0.2) is 16.9 Å². The molecule has 1 atom stereocenters. The van der Waals surface area contributed by atoms with E-state index >= 15 is 0 Å². The third-order valence-electron chi connectivity index (χ3n) is 3.34. The third kappa shape index (κ3) is 12.7. The Balaban J connectivity index is -0.0000000584. The van der Waals surface area contributed by atoms with E-state index in [0.717, 1.165) is 12.1 Å². The predicted molar refractivity (Wildman–Crippen MR) is 99.2 cm³/mol. The molecule has 1 amide bonds. The zero-order valence-corrected chi connectivity index (χ0v) is 18.9. The van der Waals surface area contributed by atoms with Crippen molar-refractivity contribution in [2.75, 3.05) is 0 Å². The average molecular weight is 484 g/mol. The van der Waals surface area contributed by atoms with Gasteiger partial charge in [0.25, 0.3) is 0 Å². The molecule has 0 bridgehead atoms. The maximum atomic E-state index is 12.2. The Bertz CT molecular complexity index is 549. The van der Waals surface area contributed by atoms with Crippen LogP contribution in [0.5, 0.6) is 0 Å². The fourth-order valence-electron chi connectivity index (χ4n) is 1.76. The largest absolute Gasteiger partial charge is 2.00 e. The molecular formula is C18H28Cl2FNOSiZr-4. The molecule has 0 heterocycles. The number of rotatable bonds is 1. The van der Waals surface area contributed by atoms with E-state index in [-0.39, 0.29) is 82.4 Å². The molecule has 1 aromatic carbocycles. The number of hydrogen-bond acceptors (Lipinski definition) is 1. The van der Waals surface area contributed by atoms with Crippen LogP contribution in [0.1, 0.15) is 38.1 Å². The van der Waals surface area contributed by atoms with Crippen molar-refractivity contribution >= 4 is 16.9 Å². The van der Waals surface area contributed by atoms with Crippen LogP contribution in [0.3, 0.4) is 0 Å². The van der Waals surface area contributed by atoms with E-state index in [1.807, 2.05) is 0 Å². The van der Waals surface area contributed by atoms with Gasteiger partial charge in [-0.2, -0.15) is 11.1 Å². The molecule has 7 heteroatoms. The van der Waals surface area contributed by atoms with Gasteiger partial charge in [-0.3, -0.25) is 6.08 Å². The normalized spacial score (nSPS) is 13.5. The van der Waals surface area contributed by atoms with Gasteiger partial charge < -0.3 is 50.2 Å². The topological polar surface area (TPSA) is 40.9 Å². The van der Waals surface area contributed by atoms with Gasteiger partial charge >= 0.3 is 26.2 Å². The van der Waals surface area contributed by atoms with E-state index in [1.165, 1.54) is 28.9 Å². The Morgan fingerprint density at radius 1 is 1.08 bits per heavy atom. The number of benzene rings is 1. The number of nitrogens with one attached hydrogen (secondary N) is 1. The second-order valence-corrected chi connectivity index (χ2v) is 4.64. The Kier molecular flexibility index (Phi) is 29.5. The van der Waals surface area contributed by atoms with Gasteiger partial charge in [-0.1, -0.05) is 38.8 Å². The maximum Gasteiger partial charge on any atom is 2.00 e. The van der Waals surface area contributed by atoms with Gasteiger partial charge in [-0.05, 0) is 28.7 Å². The SMILES string of the molecule is CC1=[C-]C(C)C(C)=C1C.[CH3-].[CH3-].[Cl-].[Cl-].[NH-]C(=O)c1ccc(F)cc1.[SiH4].[Zr+2]. The summed E-state index contributed by atoms with van der Waals surface area (Å²) in [7, 11) is 0. The van der Waals surface area contributed by atoms with E-state index < -0.39 is 11.7 Å². The molecule has 0 fully saturated rings. The molecule has 2 nitrogen and oxygen atoms in total. The standard InChI is InChI=1S/C9H13.C7H6FNO.2CH3.2ClH.H4Si.Zr/c1-6-5-7(2)9(4)8(6)3;8-6-3-1-5(2-4-6)7(9)10;;;;;;/h6H,1-4H3;1-4H,(H2,9,10);2*1H3;2*1H;1H4;/q-1;;2*-1;;;;+2/p-3. The quantitative estimate of drug-likeness (QED) is 0.343. The molecule has 2 rings (SSSR count). The molecule has 0 spiro atoms. The van der Waals surface area contributed by atoms with E-state index in [9.17, 15) is 9.18 Å². The van der Waals surface area contributed by atoms with Crippen LogP contribution in [0.2, 0.25) is 0 Å². The zero-order valence-electron chi connectivity index (χ0n) is 14.9. The number of amides is 1. The molecule has 1 aliphatic rings. The van der Waals surface area contributed by atoms with E-state index in [0.29, 0.717) is 5.92 Å². The summed E-state index contributed by atoms with van der Waals surface area (Å²) in [6.07, 6.45) is 3.36. The molecular weight excluding hydrogens is 455 g/mol. The smallest absolute Gasteiger partial charge is 1.00 e. The minimum absolute atomic E-state index is 0. The monoisotopic (exact) mass is 481 g/mol. The van der Waals surface area contributed by atoms with Crippen molar-refractivity contribution in [2.45, 2.75) is 27.7 Å². The van der Waals surface area contributed by atoms with Crippen LogP contribution in [0.15, 0.2) is 41.0 Å². The fourth-order valence-corrected chi connectivity index (χ4v) is 1.76. The molecule has 0 radical (unpaired) electrons. The first-order chi connectivity index (χ1) is 8.82. The fraction of sp³-hybridized carbons (Fsp3) is 0.278. The Hall–Kier alpha value is -0.220. The second-order valence-electron chi connectivity index (χ2n) is 4.64. The van der Waals surface area contributed by atoms with E-state index in [2.05, 4.69) is 33.8 Å². The predicted octanol–water partition coefficient (Wildman–Crippen LogP) is -1.81. The Morgan fingerprint density at radius 3 is 1.68 bits per heavy atom. The van der Waals surface area contributed by atoms with Crippen molar-refractivity contribution < 1.29 is 60.2 Å². The molecule has 1 aromatic rings. The number of carbonyl (C=O) groups excluding carboxylic acids is 1. The number of halogens is 3. The van der Waals surface area contributed by atoms with Gasteiger partial charge in [0.05, 0.1) is 5.91 Å². The summed E-state index contributed by atoms with van der Waals surface area (Å²) in [4.78, 5) is 10.3. The Morgan fingerprint density at radius 2 is 1.48 bits per heavy atom. The minimum atomic E-state index is -0.792. The van der Waals surface area contributed by atoms with Crippen molar-refractivity contribution in [1.82, 2.24) is 0 Å². The van der Waals surface area contributed by atoms with Crippen molar-refractivity contribution in [3.63, 3.8) is 0 Å². The summed E-state index contributed by atoms with van der Waals surface area (Å²) in [5.41, 5.74) is 11.1. The summed E-state index contributed by atoms with van der Waals surface area (Å²) in [6.45, 7) is 8.67. The number of allylic oxidation sites excluding steroid dienone is 4. The number of carbonyl (C=O) groups is 1. The molecule has 0 saturated carbocycles. The summed E-state index contributed by atoms with van der Waals surface area (Å²) >= 11 is 0. The molecule has 25 heavy (non-hydrogen) atoms. The minimum Gasteiger partial charge on any atom is -1.00 e. The molecule has 1 aliphatic carbocycles. The first-order valence-corrected chi connectivity index (χ1v) is 6.12. The molecule has 0 aromatic heterocycles. The first kappa shape index (κ1) is 39.7. The summed E-state index contributed by atoms with van der Waals surface area (Å²) in [5.74, 6) is -0.630. The Labute approximate surface area is 188 Å². The molecule has 0 aliphatic heterocycles. The van der Waals surface area contributed by atoms with E-state index in [4.69, 9.17) is 5.73 Å². The molecule has 1 N–H and O–H groups in total. The van der Waals surface area contributed by atoms with Crippen LogP contribution in [-0.2, 0) is 26.2 Å². The number of hydrogen-bond donors (Lipinski definition) is 0. The second kappa shape index (κ2) is 18.6. The van der Waals surface area contributed by atoms with Crippen LogP contribution < -0.4 is 24.8 Å². The summed E-state index contributed by atoms with van der Waals surface area (Å²) in [6, 6.07) is 4.87. The average Bonchev–Trinajstić information content (AvgIpc) is 2.58. The molecule has 144 valence electrons. The summed E-state index contributed by atoms with van der Waals surface area (Å²) in [5, 5.41) is 0. The summed E-state index contributed by atoms with van der Waals surface area (Å²) < 4.78 is 12.2. The maximum absolute atomic E-state index is 12.2. The first-order valence-electron chi connectivity index (χ1n) is 6.12. The van der Waals surface area contributed by atoms with Gasteiger partial charge in [0.15, 0.2) is 0 Å².